The highest BCUT2D eigenvalue weighted by atomic mass is 32.2. The van der Waals surface area contributed by atoms with Gasteiger partial charge in [-0.2, -0.15) is 9.57 Å². The lowest BCUT2D eigenvalue weighted by molar-refractivity contribution is 0.102. The molecule has 142 valence electrons. The van der Waals surface area contributed by atoms with Gasteiger partial charge in [-0.3, -0.25) is 4.79 Å². The predicted molar refractivity (Wildman–Crippen MR) is 105 cm³/mol. The molecule has 1 N–H and O–H groups in total. The molecule has 0 aromatic heterocycles. The second-order valence-electron chi connectivity index (χ2n) is 6.05. The van der Waals surface area contributed by atoms with Gasteiger partial charge in [0.15, 0.2) is 0 Å². The second kappa shape index (κ2) is 8.80. The van der Waals surface area contributed by atoms with Crippen molar-refractivity contribution in [2.45, 2.75) is 32.1 Å². The maximum absolute atomic E-state index is 12.7. The number of hydrogen-bond acceptors (Lipinski definition) is 4. The van der Waals surface area contributed by atoms with Crippen molar-refractivity contribution in [3.05, 3.63) is 59.2 Å². The van der Waals surface area contributed by atoms with Gasteiger partial charge in [-0.1, -0.05) is 32.0 Å². The molecule has 0 radical (unpaired) electrons. The molecule has 0 saturated heterocycles. The number of rotatable bonds is 7. The third kappa shape index (κ3) is 4.73. The summed E-state index contributed by atoms with van der Waals surface area (Å²) in [6.07, 6.45) is 0.304. The summed E-state index contributed by atoms with van der Waals surface area (Å²) in [7, 11) is -3.64. The Morgan fingerprint density at radius 3 is 2.30 bits per heavy atom. The fourth-order valence-corrected chi connectivity index (χ4v) is 4.20. The summed E-state index contributed by atoms with van der Waals surface area (Å²) in [6, 6.07) is 13.6. The SMILES string of the molecule is CCN(CC)S(=O)(=O)c1ccc(C)c(C(=O)Nc2ccc(CC#N)cc2)c1. The summed E-state index contributed by atoms with van der Waals surface area (Å²) in [5.41, 5.74) is 2.44. The van der Waals surface area contributed by atoms with Crippen molar-refractivity contribution in [2.75, 3.05) is 18.4 Å². The standard InChI is InChI=1S/C20H23N3O3S/c1-4-23(5-2)27(25,26)18-11-6-15(3)19(14-18)20(24)22-17-9-7-16(8-10-17)12-13-21/h6-11,14H,4-5,12H2,1-3H3,(H,22,24). The summed E-state index contributed by atoms with van der Waals surface area (Å²) < 4.78 is 26.8. The van der Waals surface area contributed by atoms with E-state index in [4.69, 9.17) is 5.26 Å². The Morgan fingerprint density at radius 2 is 1.74 bits per heavy atom. The molecular formula is C20H23N3O3S. The highest BCUT2D eigenvalue weighted by molar-refractivity contribution is 7.89. The molecule has 0 unspecified atom stereocenters. The van der Waals surface area contributed by atoms with Crippen molar-refractivity contribution in [3.8, 4) is 6.07 Å². The molecule has 0 saturated carbocycles. The van der Waals surface area contributed by atoms with E-state index in [2.05, 4.69) is 11.4 Å². The van der Waals surface area contributed by atoms with Gasteiger partial charge in [0.25, 0.3) is 5.91 Å². The van der Waals surface area contributed by atoms with E-state index < -0.39 is 10.0 Å². The Kier molecular flexibility index (Phi) is 6.72. The van der Waals surface area contributed by atoms with Crippen molar-refractivity contribution in [1.82, 2.24) is 4.31 Å². The number of benzene rings is 2. The van der Waals surface area contributed by atoms with E-state index in [1.807, 2.05) is 0 Å². The normalized spacial score (nSPS) is 11.2. The molecule has 0 aliphatic carbocycles. The van der Waals surface area contributed by atoms with Crippen LogP contribution in [0.5, 0.6) is 0 Å². The first-order valence-electron chi connectivity index (χ1n) is 8.71. The van der Waals surface area contributed by atoms with Crippen LogP contribution in [0.2, 0.25) is 0 Å². The van der Waals surface area contributed by atoms with Crippen LogP contribution < -0.4 is 5.32 Å². The van der Waals surface area contributed by atoms with Crippen LogP contribution in [0.15, 0.2) is 47.4 Å². The lowest BCUT2D eigenvalue weighted by Gasteiger charge is -2.19. The minimum absolute atomic E-state index is 0.103. The van der Waals surface area contributed by atoms with Crippen LogP contribution >= 0.6 is 0 Å². The van der Waals surface area contributed by atoms with Crippen molar-refractivity contribution in [1.29, 1.82) is 5.26 Å². The average Bonchev–Trinajstić information content (AvgIpc) is 2.64. The molecule has 2 aromatic rings. The van der Waals surface area contributed by atoms with Crippen molar-refractivity contribution in [2.24, 2.45) is 0 Å². The van der Waals surface area contributed by atoms with Gasteiger partial charge in [0.1, 0.15) is 0 Å². The zero-order valence-corrected chi connectivity index (χ0v) is 16.5. The topological polar surface area (TPSA) is 90.3 Å². The number of nitriles is 1. The van der Waals surface area contributed by atoms with Gasteiger partial charge in [0, 0.05) is 24.3 Å². The number of nitrogens with zero attached hydrogens (tertiary/aromatic N) is 2. The zero-order chi connectivity index (χ0) is 20.0. The lowest BCUT2D eigenvalue weighted by atomic mass is 10.1. The monoisotopic (exact) mass is 385 g/mol. The van der Waals surface area contributed by atoms with Crippen molar-refractivity contribution >= 4 is 21.6 Å². The molecular weight excluding hydrogens is 362 g/mol. The van der Waals surface area contributed by atoms with Crippen LogP contribution in [0.25, 0.3) is 0 Å². The highest BCUT2D eigenvalue weighted by Crippen LogP contribution is 2.21. The molecule has 0 fully saturated rings. The maximum Gasteiger partial charge on any atom is 0.255 e. The Balaban J connectivity index is 2.30. The number of nitrogens with one attached hydrogen (secondary N) is 1. The molecule has 0 atom stereocenters. The van der Waals surface area contributed by atoms with Gasteiger partial charge >= 0.3 is 0 Å². The molecule has 27 heavy (non-hydrogen) atoms. The van der Waals surface area contributed by atoms with E-state index in [1.165, 1.54) is 16.4 Å². The number of hydrogen-bond donors (Lipinski definition) is 1. The first-order chi connectivity index (χ1) is 12.8. The van der Waals surface area contributed by atoms with Crippen LogP contribution in [-0.4, -0.2) is 31.7 Å². The number of carbonyl (C=O) groups excluding carboxylic acids is 1. The van der Waals surface area contributed by atoms with Crippen LogP contribution in [-0.2, 0) is 16.4 Å². The molecule has 6 nitrogen and oxygen atoms in total. The summed E-state index contributed by atoms with van der Waals surface area (Å²) in [5, 5.41) is 11.5. The number of sulfonamides is 1. The molecule has 0 bridgehead atoms. The summed E-state index contributed by atoms with van der Waals surface area (Å²) in [6.45, 7) is 6.04. The molecule has 0 heterocycles. The second-order valence-corrected chi connectivity index (χ2v) is 7.99. The van der Waals surface area contributed by atoms with Crippen LogP contribution in [0.1, 0.15) is 35.3 Å². The van der Waals surface area contributed by atoms with Crippen LogP contribution in [0.3, 0.4) is 0 Å². The van der Waals surface area contributed by atoms with Gasteiger partial charge in [0.05, 0.1) is 17.4 Å². The fourth-order valence-electron chi connectivity index (χ4n) is 2.71. The average molecular weight is 385 g/mol. The zero-order valence-electron chi connectivity index (χ0n) is 15.7. The van der Waals surface area contributed by atoms with Crippen molar-refractivity contribution < 1.29 is 13.2 Å². The summed E-state index contributed by atoms with van der Waals surface area (Å²) >= 11 is 0. The third-order valence-electron chi connectivity index (χ3n) is 4.29. The molecule has 0 aliphatic rings. The van der Waals surface area contributed by atoms with E-state index in [-0.39, 0.29) is 10.8 Å². The molecule has 2 rings (SSSR count). The van der Waals surface area contributed by atoms with Gasteiger partial charge in [-0.15, -0.1) is 0 Å². The van der Waals surface area contributed by atoms with E-state index >= 15 is 0 Å². The smallest absolute Gasteiger partial charge is 0.255 e. The Labute approximate surface area is 160 Å². The number of anilines is 1. The van der Waals surface area contributed by atoms with E-state index in [0.717, 1.165) is 5.56 Å². The minimum Gasteiger partial charge on any atom is -0.322 e. The van der Waals surface area contributed by atoms with E-state index in [9.17, 15) is 13.2 Å². The number of aryl methyl sites for hydroxylation is 1. The van der Waals surface area contributed by atoms with E-state index in [1.54, 1.807) is 51.1 Å². The molecule has 0 spiro atoms. The van der Waals surface area contributed by atoms with Crippen LogP contribution in [0.4, 0.5) is 5.69 Å². The van der Waals surface area contributed by atoms with Gasteiger partial charge < -0.3 is 5.32 Å². The van der Waals surface area contributed by atoms with Gasteiger partial charge in [-0.25, -0.2) is 8.42 Å². The lowest BCUT2D eigenvalue weighted by Crippen LogP contribution is -2.30. The summed E-state index contributed by atoms with van der Waals surface area (Å²) in [5.74, 6) is -0.378. The minimum atomic E-state index is -3.64. The van der Waals surface area contributed by atoms with Crippen LogP contribution in [0, 0.1) is 18.3 Å². The molecule has 0 aliphatic heterocycles. The Morgan fingerprint density at radius 1 is 1.11 bits per heavy atom. The van der Waals surface area contributed by atoms with Crippen molar-refractivity contribution in [3.63, 3.8) is 0 Å². The van der Waals surface area contributed by atoms with Gasteiger partial charge in [-0.05, 0) is 42.3 Å². The Bertz CT molecular complexity index is 957. The first-order valence-corrected chi connectivity index (χ1v) is 10.2. The Hall–Kier alpha value is -2.69. The predicted octanol–water partition coefficient (Wildman–Crippen LogP) is 3.34. The number of carbonyl (C=O) groups is 1. The number of amides is 1. The van der Waals surface area contributed by atoms with E-state index in [0.29, 0.717) is 36.3 Å². The van der Waals surface area contributed by atoms with Gasteiger partial charge in [0.2, 0.25) is 10.0 Å². The third-order valence-corrected chi connectivity index (χ3v) is 6.34. The molecule has 7 heteroatoms. The fraction of sp³-hybridized carbons (Fsp3) is 0.300. The summed E-state index contributed by atoms with van der Waals surface area (Å²) in [4.78, 5) is 12.8. The molecule has 2 aromatic carbocycles. The molecule has 1 amide bonds. The largest absolute Gasteiger partial charge is 0.322 e. The highest BCUT2D eigenvalue weighted by Gasteiger charge is 2.23. The first kappa shape index (κ1) is 20.6. The quantitative estimate of drug-likeness (QED) is 0.791. The maximum atomic E-state index is 12.7.